The van der Waals surface area contributed by atoms with E-state index in [0.29, 0.717) is 29.6 Å². The third kappa shape index (κ3) is 5.28. The highest BCUT2D eigenvalue weighted by Crippen LogP contribution is 2.32. The van der Waals surface area contributed by atoms with Gasteiger partial charge in [0.15, 0.2) is 0 Å². The van der Waals surface area contributed by atoms with Crippen LogP contribution in [0.5, 0.6) is 0 Å². The maximum atomic E-state index is 11.6. The summed E-state index contributed by atoms with van der Waals surface area (Å²) in [7, 11) is 3.90. The second-order valence-corrected chi connectivity index (χ2v) is 8.40. The zero-order chi connectivity index (χ0) is 21.8. The van der Waals surface area contributed by atoms with Crippen LogP contribution in [0.1, 0.15) is 36.9 Å². The van der Waals surface area contributed by atoms with Gasteiger partial charge < -0.3 is 21.7 Å². The summed E-state index contributed by atoms with van der Waals surface area (Å²) in [5, 5.41) is 15.3. The van der Waals surface area contributed by atoms with Gasteiger partial charge in [-0.25, -0.2) is 4.98 Å². The Balaban J connectivity index is 1.81. The second kappa shape index (κ2) is 9.44. The van der Waals surface area contributed by atoms with Gasteiger partial charge in [0.1, 0.15) is 5.69 Å². The molecule has 9 nitrogen and oxygen atoms in total. The van der Waals surface area contributed by atoms with Gasteiger partial charge in [-0.1, -0.05) is 11.6 Å². The van der Waals surface area contributed by atoms with Gasteiger partial charge in [0.2, 0.25) is 11.8 Å². The molecule has 0 amide bonds. The van der Waals surface area contributed by atoms with Crippen molar-refractivity contribution < 1.29 is 4.92 Å². The molecule has 30 heavy (non-hydrogen) atoms. The van der Waals surface area contributed by atoms with E-state index < -0.39 is 4.92 Å². The molecular weight excluding hydrogens is 406 g/mol. The molecule has 1 aromatic carbocycles. The van der Waals surface area contributed by atoms with Gasteiger partial charge in [0.05, 0.1) is 4.92 Å². The highest BCUT2D eigenvalue weighted by atomic mass is 35.5. The minimum Gasteiger partial charge on any atom is -0.378 e. The summed E-state index contributed by atoms with van der Waals surface area (Å²) < 4.78 is 0. The van der Waals surface area contributed by atoms with Gasteiger partial charge in [-0.3, -0.25) is 10.1 Å². The molecule has 5 N–H and O–H groups in total. The van der Waals surface area contributed by atoms with E-state index in [1.807, 2.05) is 37.2 Å². The van der Waals surface area contributed by atoms with Crippen molar-refractivity contribution in [2.45, 2.75) is 44.7 Å². The van der Waals surface area contributed by atoms with Crippen molar-refractivity contribution in [3.05, 3.63) is 44.6 Å². The van der Waals surface area contributed by atoms with E-state index in [4.69, 9.17) is 23.1 Å². The number of nitro groups is 1. The average molecular weight is 434 g/mol. The number of nitrogen functional groups attached to an aromatic ring is 1. The third-order valence-electron chi connectivity index (χ3n) is 5.52. The van der Waals surface area contributed by atoms with Crippen LogP contribution < -0.4 is 21.7 Å². The maximum Gasteiger partial charge on any atom is 0.332 e. The van der Waals surface area contributed by atoms with Crippen LogP contribution in [0.25, 0.3) is 0 Å². The van der Waals surface area contributed by atoms with Crippen LogP contribution in [0.4, 0.5) is 23.1 Å². The Hall–Kier alpha value is -2.65. The number of aromatic nitrogens is 2. The van der Waals surface area contributed by atoms with Crippen molar-refractivity contribution in [3.63, 3.8) is 0 Å². The van der Waals surface area contributed by atoms with Gasteiger partial charge in [-0.05, 0) is 61.8 Å². The SMILES string of the molecule is CN(C)c1ccc(Cl)c(CNc2nc(N)c([N+](=O)[O-])c(C[C@H]3CC[C@H](N)CC3)n2)c1. The minimum absolute atomic E-state index is 0.131. The van der Waals surface area contributed by atoms with Crippen LogP contribution in [0.2, 0.25) is 5.02 Å². The van der Waals surface area contributed by atoms with E-state index >= 15 is 0 Å². The molecule has 1 saturated carbocycles. The summed E-state index contributed by atoms with van der Waals surface area (Å²) in [6.45, 7) is 0.371. The smallest absolute Gasteiger partial charge is 0.332 e. The molecule has 0 unspecified atom stereocenters. The van der Waals surface area contributed by atoms with E-state index in [9.17, 15) is 10.1 Å². The van der Waals surface area contributed by atoms with Crippen LogP contribution in [0, 0.1) is 16.0 Å². The molecule has 1 heterocycles. The molecule has 0 spiro atoms. The topological polar surface area (TPSA) is 136 Å². The number of nitrogens with one attached hydrogen (secondary N) is 1. The first-order chi connectivity index (χ1) is 14.2. The minimum atomic E-state index is -0.500. The second-order valence-electron chi connectivity index (χ2n) is 7.99. The predicted octanol–water partition coefficient (Wildman–Crippen LogP) is 3.36. The van der Waals surface area contributed by atoms with E-state index in [0.717, 1.165) is 36.9 Å². The molecule has 0 bridgehead atoms. The van der Waals surface area contributed by atoms with Gasteiger partial charge in [0, 0.05) is 37.4 Å². The molecule has 0 aliphatic heterocycles. The summed E-state index contributed by atoms with van der Waals surface area (Å²) in [6, 6.07) is 5.95. The van der Waals surface area contributed by atoms with Crippen molar-refractivity contribution in [1.82, 2.24) is 9.97 Å². The molecule has 1 aromatic heterocycles. The number of halogens is 1. The number of hydrogen-bond donors (Lipinski definition) is 3. The van der Waals surface area contributed by atoms with E-state index in [2.05, 4.69) is 15.3 Å². The van der Waals surface area contributed by atoms with Crippen LogP contribution in [0.3, 0.4) is 0 Å². The first-order valence-corrected chi connectivity index (χ1v) is 10.4. The molecule has 3 rings (SSSR count). The fraction of sp³-hybridized carbons (Fsp3) is 0.500. The van der Waals surface area contributed by atoms with Gasteiger partial charge >= 0.3 is 5.69 Å². The average Bonchev–Trinajstić information content (AvgIpc) is 2.68. The van der Waals surface area contributed by atoms with Gasteiger partial charge in [-0.15, -0.1) is 0 Å². The summed E-state index contributed by atoms with van der Waals surface area (Å²) >= 11 is 6.31. The van der Waals surface area contributed by atoms with Crippen molar-refractivity contribution >= 4 is 34.7 Å². The molecule has 0 atom stereocenters. The Morgan fingerprint density at radius 3 is 2.60 bits per heavy atom. The number of rotatable bonds is 7. The molecule has 1 aliphatic carbocycles. The number of nitrogens with zero attached hydrogens (tertiary/aromatic N) is 4. The summed E-state index contributed by atoms with van der Waals surface area (Å²) in [5.41, 5.74) is 13.9. The third-order valence-corrected chi connectivity index (χ3v) is 5.89. The number of hydrogen-bond acceptors (Lipinski definition) is 8. The van der Waals surface area contributed by atoms with Crippen molar-refractivity contribution in [1.29, 1.82) is 0 Å². The number of anilines is 3. The standard InChI is InChI=1S/C20H28ClN7O2/c1-27(2)15-7-8-16(21)13(10-15)11-24-20-25-17(18(28(29)30)19(23)26-20)9-12-3-5-14(22)6-4-12/h7-8,10,12,14H,3-6,9,11,22H2,1-2H3,(H3,23,24,25,26)/t12-,14-. The predicted molar refractivity (Wildman–Crippen MR) is 120 cm³/mol. The lowest BCUT2D eigenvalue weighted by molar-refractivity contribution is -0.385. The van der Waals surface area contributed by atoms with Crippen LogP contribution >= 0.6 is 11.6 Å². The highest BCUT2D eigenvalue weighted by Gasteiger charge is 2.27. The maximum absolute atomic E-state index is 11.6. The van der Waals surface area contributed by atoms with Crippen molar-refractivity contribution in [2.24, 2.45) is 11.7 Å². The Kier molecular flexibility index (Phi) is 6.94. The van der Waals surface area contributed by atoms with Crippen LogP contribution in [0.15, 0.2) is 18.2 Å². The molecule has 0 saturated heterocycles. The van der Waals surface area contributed by atoms with Crippen molar-refractivity contribution in [2.75, 3.05) is 30.0 Å². The Bertz CT molecular complexity index is 914. The van der Waals surface area contributed by atoms with Crippen LogP contribution in [-0.4, -0.2) is 35.0 Å². The highest BCUT2D eigenvalue weighted by molar-refractivity contribution is 6.31. The van der Waals surface area contributed by atoms with E-state index in [-0.39, 0.29) is 23.5 Å². The quantitative estimate of drug-likeness (QED) is 0.446. The summed E-state index contributed by atoms with van der Waals surface area (Å²) in [4.78, 5) is 21.6. The molecule has 10 heteroatoms. The Morgan fingerprint density at radius 2 is 1.97 bits per heavy atom. The Morgan fingerprint density at radius 1 is 1.27 bits per heavy atom. The summed E-state index contributed by atoms with van der Waals surface area (Å²) in [5.74, 6) is 0.428. The number of benzene rings is 1. The fourth-order valence-corrected chi connectivity index (χ4v) is 3.94. The van der Waals surface area contributed by atoms with Crippen molar-refractivity contribution in [3.8, 4) is 0 Å². The first kappa shape index (κ1) is 22.0. The lowest BCUT2D eigenvalue weighted by Crippen LogP contribution is -2.27. The van der Waals surface area contributed by atoms with Gasteiger partial charge in [0.25, 0.3) is 0 Å². The van der Waals surface area contributed by atoms with E-state index in [1.165, 1.54) is 0 Å². The number of nitrogens with two attached hydrogens (primary N) is 2. The molecule has 1 fully saturated rings. The first-order valence-electron chi connectivity index (χ1n) is 10.0. The largest absolute Gasteiger partial charge is 0.378 e. The molecule has 0 radical (unpaired) electrons. The Labute approximate surface area is 181 Å². The molecule has 1 aliphatic rings. The lowest BCUT2D eigenvalue weighted by Gasteiger charge is -2.25. The molecule has 2 aromatic rings. The molecule has 162 valence electrons. The summed E-state index contributed by atoms with van der Waals surface area (Å²) in [6.07, 6.45) is 4.19. The zero-order valence-electron chi connectivity index (χ0n) is 17.3. The van der Waals surface area contributed by atoms with Crippen LogP contribution in [-0.2, 0) is 13.0 Å². The zero-order valence-corrected chi connectivity index (χ0v) is 18.0. The fourth-order valence-electron chi connectivity index (χ4n) is 3.76. The molecular formula is C20H28ClN7O2. The van der Waals surface area contributed by atoms with E-state index in [1.54, 1.807) is 0 Å². The lowest BCUT2D eigenvalue weighted by atomic mass is 9.83. The monoisotopic (exact) mass is 433 g/mol. The normalized spacial score (nSPS) is 18.8. The van der Waals surface area contributed by atoms with Gasteiger partial charge in [-0.2, -0.15) is 4.98 Å².